The third-order valence-corrected chi connectivity index (χ3v) is 4.36. The first-order chi connectivity index (χ1) is 8.83. The quantitative estimate of drug-likeness (QED) is 0.732. The second-order valence-electron chi connectivity index (χ2n) is 6.35. The Morgan fingerprint density at radius 2 is 1.75 bits per heavy atom. The summed E-state index contributed by atoms with van der Waals surface area (Å²) in [5, 5.41) is 11.4. The Kier molecular flexibility index (Phi) is 6.67. The highest BCUT2D eigenvalue weighted by atomic mass is 32.2. The first-order valence-electron chi connectivity index (χ1n) is 6.53. The van der Waals surface area contributed by atoms with Gasteiger partial charge in [0.2, 0.25) is 5.91 Å². The maximum atomic E-state index is 11.8. The van der Waals surface area contributed by atoms with Crippen molar-refractivity contribution in [3.05, 3.63) is 0 Å². The summed E-state index contributed by atoms with van der Waals surface area (Å²) >= 11 is 0. The Hall–Kier alpha value is -1.11. The van der Waals surface area contributed by atoms with Gasteiger partial charge in [-0.3, -0.25) is 4.79 Å². The Labute approximate surface area is 120 Å². The fourth-order valence-electron chi connectivity index (χ4n) is 1.43. The van der Waals surface area contributed by atoms with Crippen LogP contribution in [0.5, 0.6) is 0 Å². The summed E-state index contributed by atoms with van der Waals surface area (Å²) in [6.45, 7) is 7.93. The number of carbonyl (C=O) groups excluding carboxylic acids is 1. The largest absolute Gasteiger partial charge is 0.480 e. The number of aliphatic carboxylic acids is 1. The van der Waals surface area contributed by atoms with E-state index in [1.54, 1.807) is 0 Å². The molecule has 118 valence electrons. The van der Waals surface area contributed by atoms with E-state index < -0.39 is 21.8 Å². The number of nitrogens with one attached hydrogen (secondary N) is 1. The van der Waals surface area contributed by atoms with Crippen LogP contribution >= 0.6 is 0 Å². The Morgan fingerprint density at radius 3 is 2.10 bits per heavy atom. The van der Waals surface area contributed by atoms with E-state index in [0.717, 1.165) is 6.26 Å². The molecule has 7 heteroatoms. The van der Waals surface area contributed by atoms with Crippen LogP contribution in [0.4, 0.5) is 0 Å². The van der Waals surface area contributed by atoms with Crippen LogP contribution in [0.1, 0.15) is 40.5 Å². The van der Waals surface area contributed by atoms with Crippen molar-refractivity contribution in [1.29, 1.82) is 0 Å². The number of carboxylic acid groups (broad SMARTS) is 1. The number of hydrogen-bond acceptors (Lipinski definition) is 4. The topological polar surface area (TPSA) is 101 Å². The molecule has 0 aliphatic heterocycles. The molecule has 0 aliphatic rings. The van der Waals surface area contributed by atoms with Gasteiger partial charge in [0, 0.05) is 12.7 Å². The average molecular weight is 307 g/mol. The SMILES string of the molecule is CC(CC(=O)NC(CCS(C)(=O)=O)C(=O)O)C(C)(C)C. The number of rotatable bonds is 7. The maximum Gasteiger partial charge on any atom is 0.326 e. The van der Waals surface area contributed by atoms with Crippen molar-refractivity contribution in [2.75, 3.05) is 12.0 Å². The fourth-order valence-corrected chi connectivity index (χ4v) is 2.09. The van der Waals surface area contributed by atoms with Crippen LogP contribution in [0, 0.1) is 11.3 Å². The second kappa shape index (κ2) is 7.06. The minimum absolute atomic E-state index is 0.0528. The van der Waals surface area contributed by atoms with Gasteiger partial charge in [-0.25, -0.2) is 13.2 Å². The van der Waals surface area contributed by atoms with Gasteiger partial charge in [-0.1, -0.05) is 27.7 Å². The zero-order valence-corrected chi connectivity index (χ0v) is 13.6. The van der Waals surface area contributed by atoms with E-state index in [4.69, 9.17) is 5.11 Å². The molecule has 0 aromatic heterocycles. The third-order valence-electron chi connectivity index (χ3n) is 3.38. The van der Waals surface area contributed by atoms with Gasteiger partial charge in [-0.15, -0.1) is 0 Å². The summed E-state index contributed by atoms with van der Waals surface area (Å²) in [5.41, 5.74) is -0.0528. The number of sulfone groups is 1. The van der Waals surface area contributed by atoms with Crippen LogP contribution in [-0.4, -0.2) is 43.5 Å². The molecule has 0 saturated carbocycles. The van der Waals surface area contributed by atoms with Gasteiger partial charge in [0.1, 0.15) is 15.9 Å². The van der Waals surface area contributed by atoms with Gasteiger partial charge >= 0.3 is 5.97 Å². The lowest BCUT2D eigenvalue weighted by molar-refractivity contribution is -0.142. The summed E-state index contributed by atoms with van der Waals surface area (Å²) in [7, 11) is -3.25. The van der Waals surface area contributed by atoms with Crippen molar-refractivity contribution in [3.8, 4) is 0 Å². The Bertz CT molecular complexity index is 450. The third kappa shape index (κ3) is 8.14. The van der Waals surface area contributed by atoms with Crippen molar-refractivity contribution < 1.29 is 23.1 Å². The molecule has 0 radical (unpaired) electrons. The Morgan fingerprint density at radius 1 is 1.25 bits per heavy atom. The molecular formula is C13H25NO5S. The van der Waals surface area contributed by atoms with E-state index in [0.29, 0.717) is 0 Å². The standard InChI is InChI=1S/C13H25NO5S/c1-9(13(2,3)4)8-11(15)14-10(12(16)17)6-7-20(5,18)19/h9-10H,6-8H2,1-5H3,(H,14,15)(H,16,17). The molecule has 0 spiro atoms. The molecule has 0 bridgehead atoms. The molecule has 0 aromatic rings. The lowest BCUT2D eigenvalue weighted by Gasteiger charge is -2.27. The van der Waals surface area contributed by atoms with E-state index in [2.05, 4.69) is 5.32 Å². The van der Waals surface area contributed by atoms with Gasteiger partial charge in [-0.2, -0.15) is 0 Å². The van der Waals surface area contributed by atoms with Crippen LogP contribution < -0.4 is 5.32 Å². The van der Waals surface area contributed by atoms with E-state index >= 15 is 0 Å². The number of carbonyl (C=O) groups is 2. The molecule has 2 unspecified atom stereocenters. The minimum Gasteiger partial charge on any atom is -0.480 e. The zero-order chi connectivity index (χ0) is 16.1. The smallest absolute Gasteiger partial charge is 0.326 e. The van der Waals surface area contributed by atoms with Crippen LogP contribution in [-0.2, 0) is 19.4 Å². The van der Waals surface area contributed by atoms with E-state index in [9.17, 15) is 18.0 Å². The van der Waals surface area contributed by atoms with Crippen molar-refractivity contribution in [1.82, 2.24) is 5.32 Å². The summed E-state index contributed by atoms with van der Waals surface area (Å²) in [6.07, 6.45) is 1.13. The summed E-state index contributed by atoms with van der Waals surface area (Å²) < 4.78 is 22.1. The predicted molar refractivity (Wildman–Crippen MR) is 77.1 cm³/mol. The van der Waals surface area contributed by atoms with Gasteiger partial charge < -0.3 is 10.4 Å². The number of amides is 1. The lowest BCUT2D eigenvalue weighted by atomic mass is 9.80. The zero-order valence-electron chi connectivity index (χ0n) is 12.8. The first kappa shape index (κ1) is 18.9. The van der Waals surface area contributed by atoms with Gasteiger partial charge in [0.15, 0.2) is 0 Å². The molecule has 2 atom stereocenters. The molecular weight excluding hydrogens is 282 g/mol. The van der Waals surface area contributed by atoms with Crippen molar-refractivity contribution >= 4 is 21.7 Å². The lowest BCUT2D eigenvalue weighted by Crippen LogP contribution is -2.43. The minimum atomic E-state index is -3.25. The summed E-state index contributed by atoms with van der Waals surface area (Å²) in [6, 6.07) is -1.16. The second-order valence-corrected chi connectivity index (χ2v) is 8.61. The molecule has 2 N–H and O–H groups in total. The van der Waals surface area contributed by atoms with Crippen LogP contribution in [0.3, 0.4) is 0 Å². The molecule has 0 rings (SSSR count). The van der Waals surface area contributed by atoms with Crippen molar-refractivity contribution in [2.24, 2.45) is 11.3 Å². The van der Waals surface area contributed by atoms with Gasteiger partial charge in [0.05, 0.1) is 5.75 Å². The normalized spacial score (nSPS) is 15.4. The molecule has 1 amide bonds. The summed E-state index contributed by atoms with van der Waals surface area (Å²) in [5.74, 6) is -1.76. The molecule has 6 nitrogen and oxygen atoms in total. The van der Waals surface area contributed by atoms with Crippen molar-refractivity contribution in [2.45, 2.75) is 46.6 Å². The average Bonchev–Trinajstić information content (AvgIpc) is 2.20. The Balaban J connectivity index is 4.54. The molecule has 0 aliphatic carbocycles. The van der Waals surface area contributed by atoms with E-state index in [-0.39, 0.29) is 35.8 Å². The van der Waals surface area contributed by atoms with E-state index in [1.165, 1.54) is 0 Å². The van der Waals surface area contributed by atoms with E-state index in [1.807, 2.05) is 27.7 Å². The molecule has 0 saturated heterocycles. The monoisotopic (exact) mass is 307 g/mol. The van der Waals surface area contributed by atoms with Gasteiger partial charge in [0.25, 0.3) is 0 Å². The summed E-state index contributed by atoms with van der Waals surface area (Å²) in [4.78, 5) is 22.8. The molecule has 0 aromatic carbocycles. The molecule has 20 heavy (non-hydrogen) atoms. The van der Waals surface area contributed by atoms with Crippen LogP contribution in [0.25, 0.3) is 0 Å². The molecule has 0 fully saturated rings. The number of hydrogen-bond donors (Lipinski definition) is 2. The van der Waals surface area contributed by atoms with Crippen molar-refractivity contribution in [3.63, 3.8) is 0 Å². The highest BCUT2D eigenvalue weighted by Gasteiger charge is 2.26. The predicted octanol–water partition coefficient (Wildman–Crippen LogP) is 1.06. The highest BCUT2D eigenvalue weighted by Crippen LogP contribution is 2.27. The first-order valence-corrected chi connectivity index (χ1v) is 8.59. The number of carboxylic acids is 1. The van der Waals surface area contributed by atoms with Crippen LogP contribution in [0.2, 0.25) is 0 Å². The highest BCUT2D eigenvalue weighted by molar-refractivity contribution is 7.90. The maximum absolute atomic E-state index is 11.8. The molecule has 0 heterocycles. The van der Waals surface area contributed by atoms with Crippen LogP contribution in [0.15, 0.2) is 0 Å². The van der Waals surface area contributed by atoms with Gasteiger partial charge in [-0.05, 0) is 17.8 Å². The fraction of sp³-hybridized carbons (Fsp3) is 0.846.